The van der Waals surface area contributed by atoms with Crippen LogP contribution in [0.5, 0.6) is 0 Å². The summed E-state index contributed by atoms with van der Waals surface area (Å²) in [5.41, 5.74) is 2.67. The van der Waals surface area contributed by atoms with Crippen molar-refractivity contribution < 1.29 is 14.9 Å². The lowest BCUT2D eigenvalue weighted by molar-refractivity contribution is 0.0908. The van der Waals surface area contributed by atoms with E-state index in [1.165, 1.54) is 0 Å². The van der Waals surface area contributed by atoms with Crippen molar-refractivity contribution in [1.82, 2.24) is 15.0 Å². The molecule has 1 aliphatic rings. The third-order valence-corrected chi connectivity index (χ3v) is 6.84. The maximum Gasteiger partial charge on any atom is 0.224 e. The van der Waals surface area contributed by atoms with Crippen molar-refractivity contribution >= 4 is 33.3 Å². The van der Waals surface area contributed by atoms with E-state index < -0.39 is 6.10 Å². The average molecular weight is 458 g/mol. The zero-order chi connectivity index (χ0) is 22.5. The highest BCUT2D eigenvalue weighted by atomic mass is 32.1. The second-order valence-electron chi connectivity index (χ2n) is 8.14. The van der Waals surface area contributed by atoms with Gasteiger partial charge >= 0.3 is 0 Å². The number of aromatic nitrogens is 3. The van der Waals surface area contributed by atoms with E-state index >= 15 is 0 Å². The van der Waals surface area contributed by atoms with E-state index in [-0.39, 0.29) is 18.6 Å². The summed E-state index contributed by atoms with van der Waals surface area (Å²) in [6.07, 6.45) is 1.62. The topological polar surface area (TPSA) is 112 Å². The van der Waals surface area contributed by atoms with Gasteiger partial charge in [0, 0.05) is 38.3 Å². The van der Waals surface area contributed by atoms with Crippen LogP contribution >= 0.6 is 11.3 Å². The van der Waals surface area contributed by atoms with Crippen LogP contribution in [0.15, 0.2) is 24.3 Å². The predicted molar refractivity (Wildman–Crippen MR) is 128 cm³/mol. The molecule has 8 nitrogen and oxygen atoms in total. The average Bonchev–Trinajstić information content (AvgIpc) is 3.35. The van der Waals surface area contributed by atoms with Crippen molar-refractivity contribution in [3.05, 3.63) is 30.0 Å². The van der Waals surface area contributed by atoms with Crippen LogP contribution < -0.4 is 10.6 Å². The lowest BCUT2D eigenvalue weighted by Gasteiger charge is -2.18. The number of para-hydroxylation sites is 1. The number of anilines is 2. The molecule has 1 fully saturated rings. The van der Waals surface area contributed by atoms with E-state index in [1.54, 1.807) is 11.3 Å². The van der Waals surface area contributed by atoms with Crippen molar-refractivity contribution in [3.8, 4) is 10.6 Å². The largest absolute Gasteiger partial charge is 0.396 e. The van der Waals surface area contributed by atoms with Crippen molar-refractivity contribution in [2.24, 2.45) is 5.92 Å². The highest BCUT2D eigenvalue weighted by Crippen LogP contribution is 2.37. The van der Waals surface area contributed by atoms with Gasteiger partial charge in [0.25, 0.3) is 0 Å². The number of hydrogen-bond donors (Lipinski definition) is 4. The normalized spacial score (nSPS) is 20.7. The quantitative estimate of drug-likeness (QED) is 0.343. The summed E-state index contributed by atoms with van der Waals surface area (Å²) in [7, 11) is 0. The second kappa shape index (κ2) is 10.5. The summed E-state index contributed by atoms with van der Waals surface area (Å²) in [6.45, 7) is 6.07. The molecule has 2 aromatic heterocycles. The van der Waals surface area contributed by atoms with Gasteiger partial charge in [-0.15, -0.1) is 11.3 Å². The minimum atomic E-state index is -0.512. The first-order chi connectivity index (χ1) is 15.6. The highest BCUT2D eigenvalue weighted by Gasteiger charge is 2.33. The molecule has 1 aromatic carbocycles. The predicted octanol–water partition coefficient (Wildman–Crippen LogP) is 3.44. The number of benzene rings is 1. The first-order valence-corrected chi connectivity index (χ1v) is 12.0. The lowest BCUT2D eigenvalue weighted by atomic mass is 10.1. The molecule has 0 unspecified atom stereocenters. The molecule has 172 valence electrons. The van der Waals surface area contributed by atoms with Gasteiger partial charge in [-0.2, -0.15) is 4.98 Å². The number of nitrogens with one attached hydrogen (secondary N) is 2. The van der Waals surface area contributed by atoms with Crippen LogP contribution in [-0.4, -0.2) is 63.7 Å². The van der Waals surface area contributed by atoms with Gasteiger partial charge in [-0.05, 0) is 45.2 Å². The molecule has 3 atom stereocenters. The molecule has 0 bridgehead atoms. The Morgan fingerprint density at radius 1 is 1.19 bits per heavy atom. The summed E-state index contributed by atoms with van der Waals surface area (Å²) in [5, 5.41) is 27.5. The van der Waals surface area contributed by atoms with Crippen LogP contribution in [0.1, 0.15) is 31.9 Å². The zero-order valence-electron chi connectivity index (χ0n) is 18.5. The minimum absolute atomic E-state index is 0.0144. The van der Waals surface area contributed by atoms with Gasteiger partial charge in [0.2, 0.25) is 5.95 Å². The Kier molecular flexibility index (Phi) is 7.51. The number of ether oxygens (including phenoxy) is 1. The number of thiazole rings is 1. The van der Waals surface area contributed by atoms with E-state index in [0.717, 1.165) is 32.9 Å². The number of hydrogen-bond acceptors (Lipinski definition) is 9. The molecule has 1 saturated carbocycles. The molecule has 4 N–H and O–H groups in total. The number of fused-ring (bicyclic) bond motifs is 1. The third-order valence-electron chi connectivity index (χ3n) is 5.78. The van der Waals surface area contributed by atoms with Gasteiger partial charge in [0.05, 0.1) is 27.6 Å². The van der Waals surface area contributed by atoms with Gasteiger partial charge in [0.1, 0.15) is 10.8 Å². The molecule has 9 heteroatoms. The van der Waals surface area contributed by atoms with Crippen molar-refractivity contribution in [3.63, 3.8) is 0 Å². The van der Waals surface area contributed by atoms with Crippen LogP contribution in [0.3, 0.4) is 0 Å². The van der Waals surface area contributed by atoms with E-state index in [2.05, 4.69) is 16.7 Å². The van der Waals surface area contributed by atoms with Crippen LogP contribution in [0.2, 0.25) is 0 Å². The van der Waals surface area contributed by atoms with Gasteiger partial charge in [0.15, 0.2) is 0 Å². The molecular formula is C23H31N5O3S. The Balaban J connectivity index is 1.63. The molecule has 0 aliphatic heterocycles. The molecule has 0 saturated heterocycles. The SMILES string of the molecule is CCOCCCNc1nc(C)c(-c2nc3ccccc3s2)c(N[C@@H]2C[C@H](CO)[C@@H](O)C2)n1. The summed E-state index contributed by atoms with van der Waals surface area (Å²) in [5.74, 6) is 1.15. The van der Waals surface area contributed by atoms with Crippen LogP contribution in [-0.2, 0) is 4.74 Å². The van der Waals surface area contributed by atoms with E-state index in [9.17, 15) is 10.2 Å². The Hall–Kier alpha value is -2.33. The molecule has 1 aliphatic carbocycles. The van der Waals surface area contributed by atoms with Gasteiger partial charge < -0.3 is 25.6 Å². The molecule has 0 spiro atoms. The number of aryl methyl sites for hydroxylation is 1. The van der Waals surface area contributed by atoms with Crippen molar-refractivity contribution in [1.29, 1.82) is 0 Å². The molecular weight excluding hydrogens is 426 g/mol. The standard InChI is InChI=1S/C23H31N5O3S/c1-3-31-10-6-9-24-23-25-14(2)20(22-27-17-7-4-5-8-19(17)32-22)21(28-23)26-16-11-15(13-29)18(30)12-16/h4-5,7-8,15-16,18,29-30H,3,6,9-13H2,1-2H3,(H2,24,25,26,28)/t15-,16-,18+/m1/s1. The third kappa shape index (κ3) is 5.17. The smallest absolute Gasteiger partial charge is 0.224 e. The minimum Gasteiger partial charge on any atom is -0.396 e. The fraction of sp³-hybridized carbons (Fsp3) is 0.522. The first-order valence-electron chi connectivity index (χ1n) is 11.2. The molecule has 0 amide bonds. The fourth-order valence-corrected chi connectivity index (χ4v) is 5.18. The molecule has 2 heterocycles. The molecule has 32 heavy (non-hydrogen) atoms. The maximum absolute atomic E-state index is 10.2. The zero-order valence-corrected chi connectivity index (χ0v) is 19.4. The van der Waals surface area contributed by atoms with Crippen LogP contribution in [0, 0.1) is 12.8 Å². The molecule has 0 radical (unpaired) electrons. The summed E-state index contributed by atoms with van der Waals surface area (Å²) in [4.78, 5) is 14.3. The Bertz CT molecular complexity index is 1010. The Morgan fingerprint density at radius 3 is 2.78 bits per heavy atom. The highest BCUT2D eigenvalue weighted by molar-refractivity contribution is 7.21. The number of aliphatic hydroxyl groups is 2. The van der Waals surface area contributed by atoms with Crippen molar-refractivity contribution in [2.75, 3.05) is 37.0 Å². The number of rotatable bonds is 10. The summed E-state index contributed by atoms with van der Waals surface area (Å²) < 4.78 is 6.51. The van der Waals surface area contributed by atoms with Gasteiger partial charge in [-0.1, -0.05) is 12.1 Å². The lowest BCUT2D eigenvalue weighted by Crippen LogP contribution is -2.19. The van der Waals surface area contributed by atoms with Crippen molar-refractivity contribution in [2.45, 2.75) is 45.3 Å². The molecule has 3 aromatic rings. The monoisotopic (exact) mass is 457 g/mol. The summed E-state index contributed by atoms with van der Waals surface area (Å²) >= 11 is 1.62. The van der Waals surface area contributed by atoms with Crippen LogP contribution in [0.4, 0.5) is 11.8 Å². The maximum atomic E-state index is 10.2. The van der Waals surface area contributed by atoms with Gasteiger partial charge in [-0.3, -0.25) is 0 Å². The summed E-state index contributed by atoms with van der Waals surface area (Å²) in [6, 6.07) is 8.09. The second-order valence-corrected chi connectivity index (χ2v) is 9.17. The Morgan fingerprint density at radius 2 is 2.03 bits per heavy atom. The fourth-order valence-electron chi connectivity index (χ4n) is 4.12. The van der Waals surface area contributed by atoms with Crippen LogP contribution in [0.25, 0.3) is 20.8 Å². The Labute approximate surface area is 192 Å². The van der Waals surface area contributed by atoms with E-state index in [4.69, 9.17) is 19.7 Å². The molecule has 4 rings (SSSR count). The number of aliphatic hydroxyl groups excluding tert-OH is 2. The van der Waals surface area contributed by atoms with E-state index in [1.807, 2.05) is 32.0 Å². The van der Waals surface area contributed by atoms with Gasteiger partial charge in [-0.25, -0.2) is 9.97 Å². The number of nitrogens with zero attached hydrogens (tertiary/aromatic N) is 3. The first kappa shape index (κ1) is 22.8. The van der Waals surface area contributed by atoms with E-state index in [0.29, 0.717) is 44.4 Å².